The topological polar surface area (TPSA) is 48.9 Å². The van der Waals surface area contributed by atoms with Crippen molar-refractivity contribution in [3.8, 4) is 0 Å². The van der Waals surface area contributed by atoms with Crippen LogP contribution in [0.3, 0.4) is 0 Å². The molecular weight excluding hydrogens is 285 g/mol. The molecule has 1 rings (SSSR count). The zero-order valence-electron chi connectivity index (χ0n) is 12.7. The second-order valence-electron chi connectivity index (χ2n) is 4.90. The lowest BCUT2D eigenvalue weighted by molar-refractivity contribution is -0.671. The Morgan fingerprint density at radius 2 is 1.86 bits per heavy atom. The number of rotatable bonds is 6. The smallest absolute Gasteiger partial charge is 0.430 e. The molecule has 0 aliphatic rings. The molecular formula is C14H23F3N2O2. The maximum atomic E-state index is 10.5. The molecule has 0 saturated carbocycles. The Kier molecular flexibility index (Phi) is 8.73. The lowest BCUT2D eigenvalue weighted by Crippen LogP contribution is -2.37. The fraction of sp³-hybridized carbons (Fsp3) is 0.714. The Morgan fingerprint density at radius 1 is 1.29 bits per heavy atom. The van der Waals surface area contributed by atoms with E-state index in [0.29, 0.717) is 6.04 Å². The average molecular weight is 308 g/mol. The summed E-state index contributed by atoms with van der Waals surface area (Å²) in [5.41, 5.74) is 0. The molecule has 1 unspecified atom stereocenters. The van der Waals surface area contributed by atoms with E-state index in [-0.39, 0.29) is 0 Å². The molecule has 21 heavy (non-hydrogen) atoms. The first kappa shape index (κ1) is 19.5. The number of aliphatic carboxylic acids is 1. The number of hydrogen-bond acceptors (Lipinski definition) is 2. The van der Waals surface area contributed by atoms with Gasteiger partial charge in [-0.05, 0) is 19.3 Å². The van der Waals surface area contributed by atoms with Crippen LogP contribution in [-0.4, -0.2) is 16.7 Å². The Bertz CT molecular complexity index is 417. The number of unbranched alkanes of at least 4 members (excludes halogenated alkanes) is 1. The zero-order valence-corrected chi connectivity index (χ0v) is 12.7. The van der Waals surface area contributed by atoms with Crippen LogP contribution in [0.25, 0.3) is 0 Å². The van der Waals surface area contributed by atoms with Gasteiger partial charge in [-0.15, -0.1) is 0 Å². The van der Waals surface area contributed by atoms with E-state index in [9.17, 15) is 13.2 Å². The van der Waals surface area contributed by atoms with Crippen molar-refractivity contribution in [1.29, 1.82) is 0 Å². The van der Waals surface area contributed by atoms with Gasteiger partial charge >= 0.3 is 6.18 Å². The predicted molar refractivity (Wildman–Crippen MR) is 70.1 cm³/mol. The number of hydrogen-bond donors (Lipinski definition) is 0. The first-order chi connectivity index (χ1) is 9.72. The van der Waals surface area contributed by atoms with Gasteiger partial charge < -0.3 is 9.90 Å². The van der Waals surface area contributed by atoms with Gasteiger partial charge in [0.15, 0.2) is 0 Å². The van der Waals surface area contributed by atoms with Gasteiger partial charge in [0.25, 0.3) is 0 Å². The molecule has 0 aromatic carbocycles. The summed E-state index contributed by atoms with van der Waals surface area (Å²) in [6, 6.07) is 0.709. The largest absolute Gasteiger partial charge is 0.542 e. The summed E-state index contributed by atoms with van der Waals surface area (Å²) in [6.07, 6.45) is 7.84. The third-order valence-electron chi connectivity index (χ3n) is 2.96. The summed E-state index contributed by atoms with van der Waals surface area (Å²) < 4.78 is 36.0. The van der Waals surface area contributed by atoms with Crippen molar-refractivity contribution in [3.63, 3.8) is 0 Å². The minimum atomic E-state index is -5.19. The predicted octanol–water partition coefficient (Wildman–Crippen LogP) is 2.14. The van der Waals surface area contributed by atoms with Gasteiger partial charge in [0.05, 0.1) is 7.05 Å². The van der Waals surface area contributed by atoms with Crippen LogP contribution in [0, 0.1) is 0 Å². The maximum Gasteiger partial charge on any atom is 0.430 e. The molecule has 0 aliphatic heterocycles. The second kappa shape index (κ2) is 9.41. The van der Waals surface area contributed by atoms with Crippen molar-refractivity contribution in [2.24, 2.45) is 7.05 Å². The second-order valence-corrected chi connectivity index (χ2v) is 4.90. The molecule has 0 bridgehead atoms. The number of carbonyl (C=O) groups is 1. The summed E-state index contributed by atoms with van der Waals surface area (Å²) in [6.45, 7) is 4.53. The van der Waals surface area contributed by atoms with Crippen molar-refractivity contribution in [2.75, 3.05) is 0 Å². The van der Waals surface area contributed by atoms with Gasteiger partial charge in [0, 0.05) is 0 Å². The van der Waals surface area contributed by atoms with E-state index in [0.717, 1.165) is 0 Å². The minimum Gasteiger partial charge on any atom is -0.542 e. The van der Waals surface area contributed by atoms with Gasteiger partial charge in [-0.2, -0.15) is 13.2 Å². The van der Waals surface area contributed by atoms with E-state index in [4.69, 9.17) is 9.90 Å². The van der Waals surface area contributed by atoms with E-state index in [2.05, 4.69) is 48.8 Å². The number of halogens is 3. The molecule has 0 saturated heterocycles. The van der Waals surface area contributed by atoms with Crippen LogP contribution in [0.2, 0.25) is 0 Å². The zero-order chi connectivity index (χ0) is 16.5. The van der Waals surface area contributed by atoms with Crippen LogP contribution < -0.4 is 9.67 Å². The average Bonchev–Trinajstić information content (AvgIpc) is 2.80. The third-order valence-corrected chi connectivity index (χ3v) is 2.96. The number of carboxylic acids is 1. The standard InChI is InChI=1S/C12H23N2.C2HF3O2/c1-4-6-8-12(7-5-2)14-10-9-13(3)11-14;3-2(4,5)1(6)7/h9-12H,4-8H2,1-3H3;(H,6,7)/q+1;/p-1. The van der Waals surface area contributed by atoms with Crippen molar-refractivity contribution >= 4 is 5.97 Å². The van der Waals surface area contributed by atoms with E-state index < -0.39 is 12.1 Å². The highest BCUT2D eigenvalue weighted by Crippen LogP contribution is 2.19. The molecule has 7 heteroatoms. The number of carbonyl (C=O) groups excluding carboxylic acids is 1. The van der Waals surface area contributed by atoms with Crippen LogP contribution in [0.4, 0.5) is 13.2 Å². The molecule has 1 atom stereocenters. The molecule has 0 N–H and O–H groups in total. The number of aryl methyl sites for hydroxylation is 1. The van der Waals surface area contributed by atoms with Crippen molar-refractivity contribution < 1.29 is 27.6 Å². The number of aromatic nitrogens is 2. The molecule has 122 valence electrons. The fourth-order valence-electron chi connectivity index (χ4n) is 1.90. The van der Waals surface area contributed by atoms with Gasteiger partial charge in [0.2, 0.25) is 6.33 Å². The Hall–Kier alpha value is -1.53. The lowest BCUT2D eigenvalue weighted by Gasteiger charge is -2.11. The quantitative estimate of drug-likeness (QED) is 0.756. The molecule has 1 aromatic rings. The van der Waals surface area contributed by atoms with E-state index >= 15 is 0 Å². The first-order valence-electron chi connectivity index (χ1n) is 7.03. The molecule has 1 heterocycles. The summed E-state index contributed by atoms with van der Waals surface area (Å²) in [4.78, 5) is 8.78. The molecule has 0 aliphatic carbocycles. The maximum absolute atomic E-state index is 10.5. The number of alkyl halides is 3. The number of nitrogens with zero attached hydrogens (tertiary/aromatic N) is 2. The molecule has 4 nitrogen and oxygen atoms in total. The van der Waals surface area contributed by atoms with Crippen LogP contribution in [0.15, 0.2) is 18.7 Å². The van der Waals surface area contributed by atoms with Gasteiger partial charge in [-0.25, -0.2) is 9.13 Å². The Balaban J connectivity index is 0.000000486. The number of imidazole rings is 1. The highest BCUT2D eigenvalue weighted by molar-refractivity contribution is 5.70. The summed E-state index contributed by atoms with van der Waals surface area (Å²) >= 11 is 0. The highest BCUT2D eigenvalue weighted by Gasteiger charge is 2.28. The van der Waals surface area contributed by atoms with E-state index in [1.165, 1.54) is 32.1 Å². The molecule has 0 spiro atoms. The van der Waals surface area contributed by atoms with Crippen LogP contribution >= 0.6 is 0 Å². The molecule has 0 fully saturated rings. The summed E-state index contributed by atoms with van der Waals surface area (Å²) in [5.74, 6) is -3.01. The summed E-state index contributed by atoms with van der Waals surface area (Å²) in [7, 11) is 2.08. The van der Waals surface area contributed by atoms with Crippen LogP contribution in [0.5, 0.6) is 0 Å². The minimum absolute atomic E-state index is 0.709. The molecule has 1 aromatic heterocycles. The van der Waals surface area contributed by atoms with Crippen LogP contribution in [-0.2, 0) is 11.8 Å². The highest BCUT2D eigenvalue weighted by atomic mass is 19.4. The first-order valence-corrected chi connectivity index (χ1v) is 7.03. The molecule has 0 radical (unpaired) electrons. The van der Waals surface area contributed by atoms with Crippen LogP contribution in [0.1, 0.15) is 52.0 Å². The number of carboxylic acid groups (broad SMARTS) is 1. The van der Waals surface area contributed by atoms with Crippen molar-refractivity contribution in [1.82, 2.24) is 4.57 Å². The fourth-order valence-corrected chi connectivity index (χ4v) is 1.90. The van der Waals surface area contributed by atoms with Gasteiger partial charge in [-0.1, -0.05) is 26.7 Å². The van der Waals surface area contributed by atoms with E-state index in [1.54, 1.807) is 0 Å². The third kappa shape index (κ3) is 8.37. The molecule has 0 amide bonds. The summed E-state index contributed by atoms with van der Waals surface area (Å²) in [5, 5.41) is 8.78. The monoisotopic (exact) mass is 308 g/mol. The Labute approximate surface area is 123 Å². The van der Waals surface area contributed by atoms with Gasteiger partial charge in [-0.3, -0.25) is 0 Å². The van der Waals surface area contributed by atoms with E-state index in [1.807, 2.05) is 0 Å². The SMILES string of the molecule is CCCCC(CCC)n1cc[n+](C)c1.O=C([O-])C(F)(F)F. The van der Waals surface area contributed by atoms with Crippen molar-refractivity contribution in [3.05, 3.63) is 18.7 Å². The normalized spacial score (nSPS) is 12.5. The Morgan fingerprint density at radius 3 is 2.19 bits per heavy atom. The lowest BCUT2D eigenvalue weighted by atomic mass is 10.1. The van der Waals surface area contributed by atoms with Gasteiger partial charge in [0.1, 0.15) is 24.4 Å². The van der Waals surface area contributed by atoms with Crippen molar-refractivity contribution in [2.45, 2.75) is 58.2 Å².